The van der Waals surface area contributed by atoms with E-state index in [9.17, 15) is 4.79 Å². The summed E-state index contributed by atoms with van der Waals surface area (Å²) in [4.78, 5) is 12.5. The van der Waals surface area contributed by atoms with Crippen molar-refractivity contribution in [1.29, 1.82) is 0 Å². The number of rotatable bonds is 4. The Labute approximate surface area is 117 Å². The molecule has 1 aromatic heterocycles. The van der Waals surface area contributed by atoms with Crippen molar-refractivity contribution in [3.05, 3.63) is 58.3 Å². The minimum Gasteiger partial charge on any atom is -0.389 e. The maximum absolute atomic E-state index is 12.2. The Morgan fingerprint density at radius 1 is 1.32 bits per heavy atom. The van der Waals surface area contributed by atoms with Crippen LogP contribution >= 0.6 is 12.2 Å². The zero-order valence-electron chi connectivity index (χ0n) is 11.0. The summed E-state index contributed by atoms with van der Waals surface area (Å²) in [7, 11) is 0. The third-order valence-corrected chi connectivity index (χ3v) is 3.27. The smallest absolute Gasteiger partial charge is 0.328 e. The summed E-state index contributed by atoms with van der Waals surface area (Å²) in [6, 6.07) is 7.77. The first kappa shape index (κ1) is 13.5. The molecule has 2 aromatic rings. The van der Waals surface area contributed by atoms with Crippen LogP contribution in [0, 0.1) is 0 Å². The van der Waals surface area contributed by atoms with Gasteiger partial charge in [0.05, 0.1) is 6.54 Å². The van der Waals surface area contributed by atoms with Crippen molar-refractivity contribution >= 4 is 17.2 Å². The molecule has 0 bridgehead atoms. The van der Waals surface area contributed by atoms with Crippen molar-refractivity contribution in [1.82, 2.24) is 9.13 Å². The molecule has 2 N–H and O–H groups in total. The first-order chi connectivity index (χ1) is 9.00. The summed E-state index contributed by atoms with van der Waals surface area (Å²) < 4.78 is 3.36. The van der Waals surface area contributed by atoms with Gasteiger partial charge >= 0.3 is 5.69 Å². The van der Waals surface area contributed by atoms with Crippen LogP contribution < -0.4 is 11.4 Å². The molecule has 0 amide bonds. The van der Waals surface area contributed by atoms with Gasteiger partial charge in [0.25, 0.3) is 0 Å². The second kappa shape index (κ2) is 5.40. The highest BCUT2D eigenvalue weighted by Crippen LogP contribution is 2.10. The zero-order chi connectivity index (χ0) is 14.0. The van der Waals surface area contributed by atoms with E-state index >= 15 is 0 Å². The van der Waals surface area contributed by atoms with Gasteiger partial charge in [-0.2, -0.15) is 0 Å². The molecule has 2 rings (SSSR count). The van der Waals surface area contributed by atoms with E-state index in [0.717, 1.165) is 11.1 Å². The van der Waals surface area contributed by atoms with E-state index in [4.69, 9.17) is 18.0 Å². The average molecular weight is 275 g/mol. The van der Waals surface area contributed by atoms with Crippen LogP contribution in [0.4, 0.5) is 0 Å². The Kier molecular flexibility index (Phi) is 3.85. The Bertz CT molecular complexity index is 655. The molecule has 0 aliphatic carbocycles. The topological polar surface area (TPSA) is 52.9 Å². The van der Waals surface area contributed by atoms with Crippen LogP contribution in [0.5, 0.6) is 0 Å². The molecule has 19 heavy (non-hydrogen) atoms. The standard InChI is InChI=1S/C14H17N3OS/c1-10(2)17-8-7-16(14(17)18)9-11-5-3-4-6-12(11)13(15)19/h3-8,10H,9H2,1-2H3,(H2,15,19). The van der Waals surface area contributed by atoms with Gasteiger partial charge in [-0.3, -0.25) is 9.13 Å². The number of benzene rings is 1. The van der Waals surface area contributed by atoms with Crippen molar-refractivity contribution in [2.75, 3.05) is 0 Å². The van der Waals surface area contributed by atoms with E-state index in [2.05, 4.69) is 0 Å². The highest BCUT2D eigenvalue weighted by Gasteiger charge is 2.09. The van der Waals surface area contributed by atoms with Gasteiger partial charge in [0.2, 0.25) is 0 Å². The normalized spacial score (nSPS) is 10.9. The van der Waals surface area contributed by atoms with Crippen LogP contribution in [-0.4, -0.2) is 14.1 Å². The van der Waals surface area contributed by atoms with E-state index in [1.54, 1.807) is 21.5 Å². The minimum absolute atomic E-state index is 0.0206. The minimum atomic E-state index is -0.0206. The summed E-state index contributed by atoms with van der Waals surface area (Å²) in [5.41, 5.74) is 7.46. The van der Waals surface area contributed by atoms with E-state index in [-0.39, 0.29) is 11.7 Å². The molecule has 5 heteroatoms. The maximum Gasteiger partial charge on any atom is 0.328 e. The Morgan fingerprint density at radius 2 is 2.00 bits per heavy atom. The number of aromatic nitrogens is 2. The molecular weight excluding hydrogens is 258 g/mol. The average Bonchev–Trinajstić information content (AvgIpc) is 2.71. The molecular formula is C14H17N3OS. The summed E-state index contributed by atoms with van der Waals surface area (Å²) in [5.74, 6) is 0. The summed E-state index contributed by atoms with van der Waals surface area (Å²) >= 11 is 5.03. The molecule has 0 unspecified atom stereocenters. The third kappa shape index (κ3) is 2.76. The summed E-state index contributed by atoms with van der Waals surface area (Å²) in [6.07, 6.45) is 3.59. The van der Waals surface area contributed by atoms with Gasteiger partial charge in [0.15, 0.2) is 0 Å². The zero-order valence-corrected chi connectivity index (χ0v) is 11.9. The third-order valence-electron chi connectivity index (χ3n) is 3.05. The highest BCUT2D eigenvalue weighted by atomic mass is 32.1. The Hall–Kier alpha value is -1.88. The monoisotopic (exact) mass is 275 g/mol. The molecule has 0 saturated heterocycles. The van der Waals surface area contributed by atoms with Gasteiger partial charge in [-0.15, -0.1) is 0 Å². The second-order valence-electron chi connectivity index (χ2n) is 4.73. The van der Waals surface area contributed by atoms with Crippen LogP contribution in [0.3, 0.4) is 0 Å². The lowest BCUT2D eigenvalue weighted by Gasteiger charge is -2.09. The second-order valence-corrected chi connectivity index (χ2v) is 5.17. The molecule has 4 nitrogen and oxygen atoms in total. The predicted octanol–water partition coefficient (Wildman–Crippen LogP) is 1.91. The van der Waals surface area contributed by atoms with E-state index in [1.165, 1.54) is 0 Å². The van der Waals surface area contributed by atoms with Crippen LogP contribution in [0.1, 0.15) is 31.0 Å². The highest BCUT2D eigenvalue weighted by molar-refractivity contribution is 7.80. The number of hydrogen-bond donors (Lipinski definition) is 1. The molecule has 1 aromatic carbocycles. The van der Waals surface area contributed by atoms with Crippen molar-refractivity contribution in [3.63, 3.8) is 0 Å². The largest absolute Gasteiger partial charge is 0.389 e. The van der Waals surface area contributed by atoms with Crippen LogP contribution in [0.25, 0.3) is 0 Å². The van der Waals surface area contributed by atoms with Crippen molar-refractivity contribution in [2.24, 2.45) is 5.73 Å². The molecule has 0 aliphatic heterocycles. The lowest BCUT2D eigenvalue weighted by Crippen LogP contribution is -2.26. The van der Waals surface area contributed by atoms with Gasteiger partial charge in [-0.25, -0.2) is 4.79 Å². The van der Waals surface area contributed by atoms with Crippen molar-refractivity contribution in [3.8, 4) is 0 Å². The first-order valence-corrected chi connectivity index (χ1v) is 6.56. The maximum atomic E-state index is 12.2. The Balaban J connectivity index is 2.37. The molecule has 0 radical (unpaired) electrons. The number of nitrogens with zero attached hydrogens (tertiary/aromatic N) is 2. The van der Waals surface area contributed by atoms with Gasteiger partial charge in [0, 0.05) is 24.0 Å². The SMILES string of the molecule is CC(C)n1ccn(Cc2ccccc2C(N)=S)c1=O. The fourth-order valence-corrected chi connectivity index (χ4v) is 2.22. The fourth-order valence-electron chi connectivity index (χ4n) is 2.02. The lowest BCUT2D eigenvalue weighted by molar-refractivity contribution is 0.561. The van der Waals surface area contributed by atoms with Gasteiger partial charge in [-0.1, -0.05) is 36.5 Å². The molecule has 1 heterocycles. The summed E-state index contributed by atoms with van der Waals surface area (Å²) in [6.45, 7) is 4.44. The van der Waals surface area contributed by atoms with Gasteiger partial charge < -0.3 is 5.73 Å². The molecule has 0 aliphatic rings. The van der Waals surface area contributed by atoms with Crippen molar-refractivity contribution < 1.29 is 0 Å². The van der Waals surface area contributed by atoms with Crippen molar-refractivity contribution in [2.45, 2.75) is 26.4 Å². The van der Waals surface area contributed by atoms with Gasteiger partial charge in [-0.05, 0) is 19.4 Å². The number of thiocarbonyl (C=S) groups is 1. The molecule has 0 fully saturated rings. The first-order valence-electron chi connectivity index (χ1n) is 6.15. The lowest BCUT2D eigenvalue weighted by atomic mass is 10.1. The number of imidazole rings is 1. The van der Waals surface area contributed by atoms with E-state index < -0.39 is 0 Å². The van der Waals surface area contributed by atoms with E-state index in [0.29, 0.717) is 11.5 Å². The van der Waals surface area contributed by atoms with Gasteiger partial charge in [0.1, 0.15) is 4.99 Å². The van der Waals surface area contributed by atoms with Crippen LogP contribution in [0.2, 0.25) is 0 Å². The number of nitrogens with two attached hydrogens (primary N) is 1. The molecule has 0 saturated carbocycles. The summed E-state index contributed by atoms with van der Waals surface area (Å²) in [5, 5.41) is 0. The van der Waals surface area contributed by atoms with Crippen LogP contribution in [0.15, 0.2) is 41.5 Å². The molecule has 0 spiro atoms. The molecule has 0 atom stereocenters. The predicted molar refractivity (Wildman–Crippen MR) is 80.5 cm³/mol. The van der Waals surface area contributed by atoms with E-state index in [1.807, 2.05) is 38.1 Å². The van der Waals surface area contributed by atoms with Crippen LogP contribution in [-0.2, 0) is 6.54 Å². The Morgan fingerprint density at radius 3 is 2.58 bits per heavy atom. The molecule has 100 valence electrons. The number of hydrogen-bond acceptors (Lipinski definition) is 2. The quantitative estimate of drug-likeness (QED) is 0.867. The fraction of sp³-hybridized carbons (Fsp3) is 0.286.